The Labute approximate surface area is 157 Å². The molecule has 0 spiro atoms. The molecule has 1 aromatic carbocycles. The molecule has 132 valence electrons. The smallest absolute Gasteiger partial charge is 0.235 e. The summed E-state index contributed by atoms with van der Waals surface area (Å²) in [4.78, 5) is 15.1. The van der Waals surface area contributed by atoms with Gasteiger partial charge >= 0.3 is 0 Å². The molecule has 2 heterocycles. The third-order valence-electron chi connectivity index (χ3n) is 4.88. The van der Waals surface area contributed by atoms with E-state index >= 15 is 0 Å². The van der Waals surface area contributed by atoms with Crippen molar-refractivity contribution < 1.29 is 4.79 Å². The summed E-state index contributed by atoms with van der Waals surface area (Å²) in [5.74, 6) is -0.326. The van der Waals surface area contributed by atoms with Gasteiger partial charge in [-0.25, -0.2) is 0 Å². The van der Waals surface area contributed by atoms with Gasteiger partial charge in [-0.05, 0) is 48.1 Å². The Morgan fingerprint density at radius 1 is 1.46 bits per heavy atom. The maximum atomic E-state index is 12.7. The number of guanidine groups is 1. The molecule has 6 heteroatoms. The fourth-order valence-electron chi connectivity index (χ4n) is 3.27. The van der Waals surface area contributed by atoms with Crippen LogP contribution < -0.4 is 5.32 Å². The molecule has 1 aliphatic rings. The molecule has 1 aliphatic heterocycles. The van der Waals surface area contributed by atoms with Crippen LogP contribution in [0.4, 0.5) is 0 Å². The van der Waals surface area contributed by atoms with Crippen molar-refractivity contribution in [2.75, 3.05) is 7.05 Å². The minimum atomic E-state index is -0.676. The summed E-state index contributed by atoms with van der Waals surface area (Å²) < 4.78 is 0. The molecule has 5 nitrogen and oxygen atoms in total. The zero-order valence-electron chi connectivity index (χ0n) is 14.7. The van der Waals surface area contributed by atoms with Gasteiger partial charge in [0.05, 0.1) is 23.1 Å². The minimum Gasteiger partial charge on any atom is -0.345 e. The lowest BCUT2D eigenvalue weighted by atomic mass is 9.79. The molecule has 0 saturated carbocycles. The van der Waals surface area contributed by atoms with E-state index in [0.717, 1.165) is 16.0 Å². The average molecular weight is 364 g/mol. The number of nitrogens with one attached hydrogen (secondary N) is 2. The average Bonchev–Trinajstić information content (AvgIpc) is 3.14. The van der Waals surface area contributed by atoms with Gasteiger partial charge in [0.1, 0.15) is 0 Å². The second-order valence-corrected chi connectivity index (χ2v) is 7.45. The topological polar surface area (TPSA) is 80.0 Å². The molecular formula is C20H20N4OS. The van der Waals surface area contributed by atoms with Crippen molar-refractivity contribution in [3.63, 3.8) is 0 Å². The zero-order chi connectivity index (χ0) is 18.9. The van der Waals surface area contributed by atoms with Gasteiger partial charge in [-0.15, -0.1) is 17.9 Å². The lowest BCUT2D eigenvalue weighted by Crippen LogP contribution is -2.63. The Morgan fingerprint density at radius 2 is 2.23 bits per heavy atom. The zero-order valence-corrected chi connectivity index (χ0v) is 15.6. The van der Waals surface area contributed by atoms with Gasteiger partial charge in [-0.2, -0.15) is 5.26 Å². The summed E-state index contributed by atoms with van der Waals surface area (Å²) >= 11 is 1.55. The van der Waals surface area contributed by atoms with Crippen LogP contribution in [-0.4, -0.2) is 23.8 Å². The van der Waals surface area contributed by atoms with Crippen molar-refractivity contribution in [1.29, 1.82) is 10.7 Å². The van der Waals surface area contributed by atoms with Gasteiger partial charge in [0.2, 0.25) is 5.91 Å². The lowest BCUT2D eigenvalue weighted by Gasteiger charge is -2.44. The summed E-state index contributed by atoms with van der Waals surface area (Å²) in [5.41, 5.74) is 1.90. The van der Waals surface area contributed by atoms with Crippen molar-refractivity contribution >= 4 is 23.2 Å². The number of benzene rings is 1. The first-order valence-electron chi connectivity index (χ1n) is 8.25. The molecule has 3 rings (SSSR count). The molecule has 1 amide bonds. The number of thiophene rings is 1. The molecule has 0 radical (unpaired) electrons. The van der Waals surface area contributed by atoms with E-state index in [-0.39, 0.29) is 17.8 Å². The number of amides is 1. The van der Waals surface area contributed by atoms with Gasteiger partial charge in [-0.1, -0.05) is 18.2 Å². The monoisotopic (exact) mass is 364 g/mol. The van der Waals surface area contributed by atoms with E-state index in [4.69, 9.17) is 10.7 Å². The Balaban J connectivity index is 2.02. The first kappa shape index (κ1) is 17.9. The number of carbonyl (C=O) groups is 1. The van der Waals surface area contributed by atoms with E-state index < -0.39 is 5.54 Å². The molecule has 2 aromatic rings. The maximum absolute atomic E-state index is 12.7. The summed E-state index contributed by atoms with van der Waals surface area (Å²) in [6, 6.07) is 11.6. The SMILES string of the molecule is C=CC[C@H]1C(=O)N(C)C(=N)N[C@]1(C)c1cc(-c2cccc(C#N)c2)cs1. The maximum Gasteiger partial charge on any atom is 0.235 e. The highest BCUT2D eigenvalue weighted by atomic mass is 32.1. The summed E-state index contributed by atoms with van der Waals surface area (Å²) in [6.07, 6.45) is 2.27. The Bertz CT molecular complexity index is 926. The van der Waals surface area contributed by atoms with Crippen molar-refractivity contribution in [3.05, 3.63) is 58.8 Å². The van der Waals surface area contributed by atoms with Crippen molar-refractivity contribution in [3.8, 4) is 17.2 Å². The van der Waals surface area contributed by atoms with Gasteiger partial charge in [-0.3, -0.25) is 15.1 Å². The predicted molar refractivity (Wildman–Crippen MR) is 104 cm³/mol. The number of nitriles is 1. The first-order chi connectivity index (χ1) is 12.4. The molecule has 2 N–H and O–H groups in total. The van der Waals surface area contributed by atoms with E-state index in [9.17, 15) is 4.79 Å². The number of allylic oxidation sites excluding steroid dienone is 1. The molecule has 1 saturated heterocycles. The highest BCUT2D eigenvalue weighted by Crippen LogP contribution is 2.41. The van der Waals surface area contributed by atoms with Gasteiger partial charge < -0.3 is 5.32 Å². The number of nitrogens with zero attached hydrogens (tertiary/aromatic N) is 2. The normalized spacial score (nSPS) is 22.7. The summed E-state index contributed by atoms with van der Waals surface area (Å²) in [6.45, 7) is 5.75. The fourth-order valence-corrected chi connectivity index (χ4v) is 4.36. The molecular weight excluding hydrogens is 344 g/mol. The van der Waals surface area contributed by atoms with Gasteiger partial charge in [0.25, 0.3) is 0 Å². The van der Waals surface area contributed by atoms with Crippen LogP contribution in [0.1, 0.15) is 23.8 Å². The third-order valence-corrected chi connectivity index (χ3v) is 6.05. The first-order valence-corrected chi connectivity index (χ1v) is 9.13. The summed E-state index contributed by atoms with van der Waals surface area (Å²) in [5, 5.41) is 22.5. The van der Waals surface area contributed by atoms with E-state index in [1.807, 2.05) is 36.6 Å². The second kappa shape index (κ2) is 6.77. The van der Waals surface area contributed by atoms with E-state index in [2.05, 4.69) is 18.0 Å². The van der Waals surface area contributed by atoms with Crippen LogP contribution in [0.15, 0.2) is 48.4 Å². The van der Waals surface area contributed by atoms with Gasteiger partial charge in [0, 0.05) is 11.9 Å². The lowest BCUT2D eigenvalue weighted by molar-refractivity contribution is -0.135. The molecule has 1 aromatic heterocycles. The fraction of sp³-hybridized carbons (Fsp3) is 0.250. The van der Waals surface area contributed by atoms with Crippen LogP contribution >= 0.6 is 11.3 Å². The number of rotatable bonds is 4. The Morgan fingerprint density at radius 3 is 2.92 bits per heavy atom. The summed E-state index contributed by atoms with van der Waals surface area (Å²) in [7, 11) is 1.61. The van der Waals surface area contributed by atoms with Gasteiger partial charge in [0.15, 0.2) is 5.96 Å². The largest absolute Gasteiger partial charge is 0.345 e. The Hall–Kier alpha value is -2.91. The highest BCUT2D eigenvalue weighted by molar-refractivity contribution is 7.10. The number of hydrogen-bond acceptors (Lipinski definition) is 4. The van der Waals surface area contributed by atoms with E-state index in [1.165, 1.54) is 4.90 Å². The quantitative estimate of drug-likeness (QED) is 0.812. The molecule has 0 aliphatic carbocycles. The van der Waals surface area contributed by atoms with Crippen molar-refractivity contribution in [2.45, 2.75) is 18.9 Å². The third kappa shape index (κ3) is 2.91. The van der Waals surface area contributed by atoms with Crippen molar-refractivity contribution in [1.82, 2.24) is 10.2 Å². The van der Waals surface area contributed by atoms with Crippen LogP contribution in [0, 0.1) is 22.7 Å². The Kier molecular flexibility index (Phi) is 4.66. The van der Waals surface area contributed by atoms with E-state index in [1.54, 1.807) is 30.5 Å². The van der Waals surface area contributed by atoms with Crippen LogP contribution in [0.3, 0.4) is 0 Å². The van der Waals surface area contributed by atoms with Crippen LogP contribution in [-0.2, 0) is 10.3 Å². The van der Waals surface area contributed by atoms with Crippen molar-refractivity contribution in [2.24, 2.45) is 5.92 Å². The molecule has 1 fully saturated rings. The minimum absolute atomic E-state index is 0.0856. The van der Waals surface area contributed by atoms with Crippen LogP contribution in [0.25, 0.3) is 11.1 Å². The van der Waals surface area contributed by atoms with E-state index in [0.29, 0.717) is 12.0 Å². The molecule has 0 unspecified atom stereocenters. The molecule has 2 atom stereocenters. The molecule has 0 bridgehead atoms. The standard InChI is InChI=1S/C20H20N4OS/c1-4-6-16-18(25)24(3)19(22)23-20(16,2)17-10-15(12-26-17)14-8-5-7-13(9-14)11-21/h4-5,7-10,12,16H,1,6H2,2-3H3,(H2,22,23)/t16-,20-/m0/s1. The number of hydrogen-bond donors (Lipinski definition) is 2. The number of carbonyl (C=O) groups excluding carboxylic acids is 1. The molecule has 26 heavy (non-hydrogen) atoms. The van der Waals surface area contributed by atoms with Crippen LogP contribution in [0.5, 0.6) is 0 Å². The second-order valence-electron chi connectivity index (χ2n) is 6.54. The van der Waals surface area contributed by atoms with Crippen LogP contribution in [0.2, 0.25) is 0 Å². The highest BCUT2D eigenvalue weighted by Gasteiger charge is 2.47. The predicted octanol–water partition coefficient (Wildman–Crippen LogP) is 3.69.